The standard InChI is InChI=1S/C16H21N3OS/c1-3-21-12-9-16(20)18-13(2)14-7-4-5-8-15(14)19-11-6-10-17-19/h4-8,10-11,13H,3,9,12H2,1-2H3,(H,18,20). The molecule has 1 N–H and O–H groups in total. The van der Waals surface area contributed by atoms with Crippen molar-refractivity contribution >= 4 is 17.7 Å². The molecule has 2 aromatic rings. The van der Waals surface area contributed by atoms with Crippen LogP contribution in [-0.4, -0.2) is 27.2 Å². The average Bonchev–Trinajstić information content (AvgIpc) is 3.01. The van der Waals surface area contributed by atoms with Crippen molar-refractivity contribution in [3.8, 4) is 5.69 Å². The second-order valence-corrected chi connectivity index (χ2v) is 6.14. The lowest BCUT2D eigenvalue weighted by molar-refractivity contribution is -0.121. The lowest BCUT2D eigenvalue weighted by Gasteiger charge is -2.18. The minimum atomic E-state index is -0.0375. The highest BCUT2D eigenvalue weighted by Crippen LogP contribution is 2.21. The Morgan fingerprint density at radius 3 is 2.90 bits per heavy atom. The van der Waals surface area contributed by atoms with Gasteiger partial charge in [-0.05, 0) is 30.4 Å². The lowest BCUT2D eigenvalue weighted by atomic mass is 10.1. The summed E-state index contributed by atoms with van der Waals surface area (Å²) in [4.78, 5) is 12.0. The first kappa shape index (κ1) is 15.6. The van der Waals surface area contributed by atoms with Crippen LogP contribution in [0.5, 0.6) is 0 Å². The first-order chi connectivity index (χ1) is 10.2. The molecule has 1 unspecified atom stereocenters. The first-order valence-corrected chi connectivity index (χ1v) is 8.34. The van der Waals surface area contributed by atoms with Gasteiger partial charge < -0.3 is 5.32 Å². The molecule has 4 nitrogen and oxygen atoms in total. The van der Waals surface area contributed by atoms with Gasteiger partial charge in [0.25, 0.3) is 0 Å². The van der Waals surface area contributed by atoms with E-state index in [-0.39, 0.29) is 11.9 Å². The summed E-state index contributed by atoms with van der Waals surface area (Å²) in [6, 6.07) is 9.86. The van der Waals surface area contributed by atoms with E-state index in [9.17, 15) is 4.79 Å². The second kappa shape index (κ2) is 7.88. The zero-order valence-electron chi connectivity index (χ0n) is 12.5. The molecule has 0 spiro atoms. The monoisotopic (exact) mass is 303 g/mol. The number of amides is 1. The van der Waals surface area contributed by atoms with E-state index in [2.05, 4.69) is 17.3 Å². The molecule has 5 heteroatoms. The van der Waals surface area contributed by atoms with Gasteiger partial charge in [-0.15, -0.1) is 0 Å². The Hall–Kier alpha value is -1.75. The normalized spacial score (nSPS) is 12.1. The summed E-state index contributed by atoms with van der Waals surface area (Å²) in [6.45, 7) is 4.11. The molecule has 1 atom stereocenters. The van der Waals surface area contributed by atoms with Gasteiger partial charge in [-0.2, -0.15) is 16.9 Å². The number of nitrogens with zero attached hydrogens (tertiary/aromatic N) is 2. The Balaban J connectivity index is 2.06. The Morgan fingerprint density at radius 2 is 2.19 bits per heavy atom. The molecular formula is C16H21N3OS. The number of rotatable bonds is 7. The maximum Gasteiger partial charge on any atom is 0.221 e. The third kappa shape index (κ3) is 4.36. The lowest BCUT2D eigenvalue weighted by Crippen LogP contribution is -2.27. The van der Waals surface area contributed by atoms with Gasteiger partial charge in [-0.25, -0.2) is 4.68 Å². The number of benzene rings is 1. The molecule has 0 bridgehead atoms. The van der Waals surface area contributed by atoms with Gasteiger partial charge in [0.2, 0.25) is 5.91 Å². The van der Waals surface area contributed by atoms with E-state index >= 15 is 0 Å². The smallest absolute Gasteiger partial charge is 0.221 e. The molecule has 0 aliphatic rings. The summed E-state index contributed by atoms with van der Waals surface area (Å²) in [5.74, 6) is 2.01. The maximum absolute atomic E-state index is 12.0. The molecule has 0 aliphatic carbocycles. The fourth-order valence-electron chi connectivity index (χ4n) is 2.17. The van der Waals surface area contributed by atoms with E-state index in [4.69, 9.17) is 0 Å². The van der Waals surface area contributed by atoms with Crippen LogP contribution in [0.4, 0.5) is 0 Å². The fraction of sp³-hybridized carbons (Fsp3) is 0.375. The van der Waals surface area contributed by atoms with Crippen molar-refractivity contribution in [3.05, 3.63) is 48.3 Å². The van der Waals surface area contributed by atoms with E-state index in [1.807, 2.05) is 48.1 Å². The van der Waals surface area contributed by atoms with Crippen LogP contribution in [0.25, 0.3) is 5.69 Å². The van der Waals surface area contributed by atoms with Crippen molar-refractivity contribution in [2.24, 2.45) is 0 Å². The largest absolute Gasteiger partial charge is 0.349 e. The molecule has 2 rings (SSSR count). The summed E-state index contributed by atoms with van der Waals surface area (Å²) in [6.07, 6.45) is 4.22. The van der Waals surface area contributed by atoms with Gasteiger partial charge in [-0.3, -0.25) is 4.79 Å². The molecule has 1 aromatic heterocycles. The molecule has 0 saturated carbocycles. The molecule has 112 valence electrons. The topological polar surface area (TPSA) is 46.9 Å². The molecule has 1 amide bonds. The number of aromatic nitrogens is 2. The highest BCUT2D eigenvalue weighted by atomic mass is 32.2. The molecule has 0 fully saturated rings. The molecule has 1 aromatic carbocycles. The van der Waals surface area contributed by atoms with E-state index < -0.39 is 0 Å². The average molecular weight is 303 g/mol. The fourth-order valence-corrected chi connectivity index (χ4v) is 2.79. The van der Waals surface area contributed by atoms with Gasteiger partial charge in [0.15, 0.2) is 0 Å². The van der Waals surface area contributed by atoms with Crippen molar-refractivity contribution in [3.63, 3.8) is 0 Å². The van der Waals surface area contributed by atoms with Gasteiger partial charge in [-0.1, -0.05) is 25.1 Å². The Bertz CT molecular complexity index is 569. The first-order valence-electron chi connectivity index (χ1n) is 7.18. The van der Waals surface area contributed by atoms with Crippen molar-refractivity contribution < 1.29 is 4.79 Å². The number of hydrogen-bond donors (Lipinski definition) is 1. The van der Waals surface area contributed by atoms with E-state index in [0.29, 0.717) is 6.42 Å². The van der Waals surface area contributed by atoms with Gasteiger partial charge in [0.1, 0.15) is 0 Å². The number of hydrogen-bond acceptors (Lipinski definition) is 3. The predicted octanol–water partition coefficient (Wildman–Crippen LogP) is 3.19. The number of carbonyl (C=O) groups excluding carboxylic acids is 1. The molecule has 0 saturated heterocycles. The molecular weight excluding hydrogens is 282 g/mol. The van der Waals surface area contributed by atoms with Gasteiger partial charge in [0.05, 0.1) is 11.7 Å². The zero-order valence-corrected chi connectivity index (χ0v) is 13.3. The summed E-state index contributed by atoms with van der Waals surface area (Å²) in [5, 5.41) is 7.33. The molecule has 0 radical (unpaired) electrons. The third-order valence-corrected chi connectivity index (χ3v) is 4.11. The van der Waals surface area contributed by atoms with E-state index in [1.165, 1.54) is 0 Å². The molecule has 1 heterocycles. The SMILES string of the molecule is CCSCCC(=O)NC(C)c1ccccc1-n1cccn1. The highest BCUT2D eigenvalue weighted by Gasteiger charge is 2.14. The minimum Gasteiger partial charge on any atom is -0.349 e. The van der Waals surface area contributed by atoms with Crippen LogP contribution in [0.3, 0.4) is 0 Å². The van der Waals surface area contributed by atoms with E-state index in [1.54, 1.807) is 18.0 Å². The van der Waals surface area contributed by atoms with Crippen LogP contribution in [0, 0.1) is 0 Å². The third-order valence-electron chi connectivity index (χ3n) is 3.21. The van der Waals surface area contributed by atoms with Crippen LogP contribution in [0.1, 0.15) is 31.9 Å². The van der Waals surface area contributed by atoms with Crippen LogP contribution in [-0.2, 0) is 4.79 Å². The second-order valence-electron chi connectivity index (χ2n) is 4.75. The van der Waals surface area contributed by atoms with Crippen LogP contribution in [0.2, 0.25) is 0 Å². The highest BCUT2D eigenvalue weighted by molar-refractivity contribution is 7.99. The van der Waals surface area contributed by atoms with Gasteiger partial charge >= 0.3 is 0 Å². The van der Waals surface area contributed by atoms with E-state index in [0.717, 1.165) is 22.8 Å². The van der Waals surface area contributed by atoms with Gasteiger partial charge in [0, 0.05) is 24.6 Å². The minimum absolute atomic E-state index is 0.0375. The Kier molecular flexibility index (Phi) is 5.87. The predicted molar refractivity (Wildman–Crippen MR) is 87.7 cm³/mol. The summed E-state index contributed by atoms with van der Waals surface area (Å²) in [5.41, 5.74) is 2.07. The number of carbonyl (C=O) groups is 1. The van der Waals surface area contributed by atoms with Crippen molar-refractivity contribution in [2.75, 3.05) is 11.5 Å². The van der Waals surface area contributed by atoms with Crippen LogP contribution in [0.15, 0.2) is 42.7 Å². The number of nitrogens with one attached hydrogen (secondary N) is 1. The van der Waals surface area contributed by atoms with Crippen molar-refractivity contribution in [2.45, 2.75) is 26.3 Å². The molecule has 0 aliphatic heterocycles. The van der Waals surface area contributed by atoms with Crippen LogP contribution < -0.4 is 5.32 Å². The zero-order chi connectivity index (χ0) is 15.1. The number of thioether (sulfide) groups is 1. The van der Waals surface area contributed by atoms with Crippen molar-refractivity contribution in [1.82, 2.24) is 15.1 Å². The quantitative estimate of drug-likeness (QED) is 0.799. The number of para-hydroxylation sites is 1. The Labute approximate surface area is 129 Å². The van der Waals surface area contributed by atoms with Crippen molar-refractivity contribution in [1.29, 1.82) is 0 Å². The summed E-state index contributed by atoms with van der Waals surface area (Å²) < 4.78 is 1.82. The van der Waals surface area contributed by atoms with Crippen LogP contribution >= 0.6 is 11.8 Å². The maximum atomic E-state index is 12.0. The molecule has 21 heavy (non-hydrogen) atoms. The summed E-state index contributed by atoms with van der Waals surface area (Å²) >= 11 is 1.79. The summed E-state index contributed by atoms with van der Waals surface area (Å²) in [7, 11) is 0. The Morgan fingerprint density at radius 1 is 1.38 bits per heavy atom.